The number of fused-ring (bicyclic) bond motifs is 2. The zero-order valence-electron chi connectivity index (χ0n) is 21.4. The Morgan fingerprint density at radius 2 is 1.98 bits per heavy atom. The Labute approximate surface area is 269 Å². The monoisotopic (exact) mass is 699 g/mol. The number of rotatable bonds is 11. The molecule has 4 heterocycles. The number of aromatic nitrogens is 4. The number of anilines is 1. The molecule has 0 saturated carbocycles. The number of amides is 2. The number of nitrogen functional groups attached to an aromatic ring is 1. The molecule has 6 N–H and O–H groups in total. The Balaban J connectivity index is 1.18. The molecule has 2 atom stereocenters. The minimum Gasteiger partial charge on any atom is -0.478 e. The molecule has 0 radical (unpaired) electrons. The predicted molar refractivity (Wildman–Crippen MR) is 168 cm³/mol. The first-order valence-corrected chi connectivity index (χ1v) is 16.7. The smallest absolute Gasteiger partial charge is 0.353 e. The van der Waals surface area contributed by atoms with Gasteiger partial charge in [-0.05, 0) is 23.8 Å². The van der Waals surface area contributed by atoms with Gasteiger partial charge in [-0.15, -0.1) is 35.3 Å². The van der Waals surface area contributed by atoms with E-state index in [-0.39, 0.29) is 27.3 Å². The first-order chi connectivity index (χ1) is 20.5. The summed E-state index contributed by atoms with van der Waals surface area (Å²) in [6, 6.07) is 2.13. The van der Waals surface area contributed by atoms with Crippen molar-refractivity contribution in [1.29, 1.82) is 0 Å². The lowest BCUT2D eigenvalue weighted by atomic mass is 10.1. The van der Waals surface area contributed by atoms with Crippen molar-refractivity contribution in [2.75, 3.05) is 22.3 Å². The number of H-pyrrole nitrogens is 1. The van der Waals surface area contributed by atoms with Gasteiger partial charge in [0.2, 0.25) is 5.91 Å². The van der Waals surface area contributed by atoms with Crippen LogP contribution in [0.5, 0.6) is 0 Å². The Morgan fingerprint density at radius 1 is 1.19 bits per heavy atom. The summed E-state index contributed by atoms with van der Waals surface area (Å²) < 4.78 is 0. The standard InChI is InChI=1S/C24H19Cl2N7O6S4/c25-11-4-13(12(26)3-9(11)1-2-16(35)36)40-7-15(34)29-17-21(37)33-18(23(38)39)14(6-41-22(17)33)42-8-43-24-30-19(27)10-5-28-32-20(10)31-24/h1-5,17,22H,6-8H2,(H,29,34)(H,35,36)(H,38,39)(H3,27,28,30,31,32)/b2-1+/t17-,22-/m1/s1. The number of thioether (sulfide) groups is 4. The van der Waals surface area contributed by atoms with Crippen molar-refractivity contribution in [2.24, 2.45) is 0 Å². The molecule has 43 heavy (non-hydrogen) atoms. The zero-order chi connectivity index (χ0) is 30.8. The molecule has 224 valence electrons. The van der Waals surface area contributed by atoms with Crippen LogP contribution in [-0.4, -0.2) is 87.0 Å². The number of carbonyl (C=O) groups excluding carboxylic acids is 2. The molecule has 1 saturated heterocycles. The van der Waals surface area contributed by atoms with E-state index >= 15 is 0 Å². The number of nitrogens with two attached hydrogens (primary N) is 1. The lowest BCUT2D eigenvalue weighted by molar-refractivity contribution is -0.150. The van der Waals surface area contributed by atoms with Crippen LogP contribution < -0.4 is 11.1 Å². The second kappa shape index (κ2) is 13.3. The maximum absolute atomic E-state index is 13.0. The van der Waals surface area contributed by atoms with Crippen LogP contribution in [0.4, 0.5) is 5.82 Å². The van der Waals surface area contributed by atoms with Gasteiger partial charge in [0.15, 0.2) is 10.8 Å². The number of hydrogen-bond donors (Lipinski definition) is 5. The highest BCUT2D eigenvalue weighted by Gasteiger charge is 2.54. The molecule has 1 fully saturated rings. The van der Waals surface area contributed by atoms with Gasteiger partial charge in [-0.25, -0.2) is 19.6 Å². The fraction of sp³-hybridized carbons (Fsp3) is 0.208. The molecule has 0 bridgehead atoms. The third kappa shape index (κ3) is 6.86. The second-order valence-corrected chi connectivity index (χ2v) is 14.0. The van der Waals surface area contributed by atoms with E-state index in [2.05, 4.69) is 25.5 Å². The van der Waals surface area contributed by atoms with Crippen LogP contribution in [0.25, 0.3) is 17.1 Å². The SMILES string of the molecule is Nc1nc(SCSC2=C(C(=O)O)N3C(=O)[C@@H](NC(=O)CSc4cc(Cl)c(/C=C/C(=O)O)cc4Cl)[C@H]3SC2)nc2[nH]ncc12. The highest BCUT2D eigenvalue weighted by Crippen LogP contribution is 2.44. The molecule has 2 aromatic heterocycles. The van der Waals surface area contributed by atoms with E-state index in [1.54, 1.807) is 0 Å². The van der Waals surface area contributed by atoms with E-state index in [1.807, 2.05) is 0 Å². The van der Waals surface area contributed by atoms with Crippen LogP contribution in [0.1, 0.15) is 5.56 Å². The van der Waals surface area contributed by atoms with Crippen LogP contribution in [0.15, 0.2) is 45.1 Å². The van der Waals surface area contributed by atoms with Crippen molar-refractivity contribution in [3.63, 3.8) is 0 Å². The summed E-state index contributed by atoms with van der Waals surface area (Å²) in [5.41, 5.74) is 6.73. The largest absolute Gasteiger partial charge is 0.478 e. The summed E-state index contributed by atoms with van der Waals surface area (Å²) in [7, 11) is 0. The maximum Gasteiger partial charge on any atom is 0.353 e. The van der Waals surface area contributed by atoms with E-state index < -0.39 is 35.2 Å². The highest BCUT2D eigenvalue weighted by molar-refractivity contribution is 8.18. The molecule has 0 unspecified atom stereocenters. The summed E-state index contributed by atoms with van der Waals surface area (Å²) in [5, 5.41) is 29.4. The molecule has 2 aliphatic heterocycles. The minimum absolute atomic E-state index is 0.0849. The Hall–Kier alpha value is -3.09. The number of nitrogens with zero attached hydrogens (tertiary/aromatic N) is 4. The van der Waals surface area contributed by atoms with Gasteiger partial charge in [-0.2, -0.15) is 5.10 Å². The van der Waals surface area contributed by atoms with Crippen LogP contribution in [0, 0.1) is 0 Å². The first-order valence-electron chi connectivity index (χ1n) is 12.0. The molecular weight excluding hydrogens is 681 g/mol. The average molecular weight is 701 g/mol. The van der Waals surface area contributed by atoms with Crippen molar-refractivity contribution in [3.05, 3.63) is 50.6 Å². The molecule has 0 spiro atoms. The Kier molecular flexibility index (Phi) is 9.67. The fourth-order valence-corrected chi connectivity index (χ4v) is 9.05. The maximum atomic E-state index is 13.0. The van der Waals surface area contributed by atoms with E-state index in [9.17, 15) is 24.3 Å². The van der Waals surface area contributed by atoms with Gasteiger partial charge < -0.3 is 21.3 Å². The Bertz CT molecular complexity index is 1720. The van der Waals surface area contributed by atoms with Gasteiger partial charge in [0.25, 0.3) is 5.91 Å². The highest BCUT2D eigenvalue weighted by atomic mass is 35.5. The third-order valence-electron chi connectivity index (χ3n) is 6.01. The predicted octanol–water partition coefficient (Wildman–Crippen LogP) is 3.61. The lowest BCUT2D eigenvalue weighted by Gasteiger charge is -2.49. The normalized spacial score (nSPS) is 18.2. The van der Waals surface area contributed by atoms with Crippen molar-refractivity contribution >= 4 is 117 Å². The van der Waals surface area contributed by atoms with Crippen molar-refractivity contribution < 1.29 is 29.4 Å². The summed E-state index contributed by atoms with van der Waals surface area (Å²) in [6.07, 6.45) is 3.77. The molecule has 19 heteroatoms. The molecule has 2 amide bonds. The van der Waals surface area contributed by atoms with E-state index in [1.165, 1.54) is 64.6 Å². The van der Waals surface area contributed by atoms with Crippen LogP contribution >= 0.6 is 70.2 Å². The quantitative estimate of drug-likeness (QED) is 0.0638. The average Bonchev–Trinajstić information content (AvgIpc) is 3.44. The topological polar surface area (TPSA) is 204 Å². The number of aliphatic carboxylic acids is 2. The third-order valence-corrected chi connectivity index (χ3v) is 11.3. The fourth-order valence-electron chi connectivity index (χ4n) is 4.06. The molecule has 3 aromatic rings. The van der Waals surface area contributed by atoms with Crippen LogP contribution in [-0.2, 0) is 19.2 Å². The molecule has 0 aliphatic carbocycles. The molecule has 2 aliphatic rings. The van der Waals surface area contributed by atoms with Crippen LogP contribution in [0.2, 0.25) is 10.0 Å². The Morgan fingerprint density at radius 3 is 2.72 bits per heavy atom. The molecule has 1 aromatic carbocycles. The van der Waals surface area contributed by atoms with Crippen molar-refractivity contribution in [1.82, 2.24) is 30.4 Å². The zero-order valence-corrected chi connectivity index (χ0v) is 26.2. The number of carbonyl (C=O) groups is 4. The summed E-state index contributed by atoms with van der Waals surface area (Å²) >= 11 is 17.5. The van der Waals surface area contributed by atoms with Gasteiger partial charge in [0, 0.05) is 26.7 Å². The number of benzene rings is 1. The molecule has 5 rings (SSSR count). The van der Waals surface area contributed by atoms with Gasteiger partial charge in [0.1, 0.15) is 22.9 Å². The number of β-lactam (4-membered cyclic amide) rings is 1. The number of nitrogens with one attached hydrogen (secondary N) is 2. The number of carboxylic acid groups (broad SMARTS) is 2. The number of hydrogen-bond acceptors (Lipinski definition) is 12. The number of aromatic amines is 1. The van der Waals surface area contributed by atoms with Gasteiger partial charge in [0.05, 0.1) is 27.4 Å². The number of carboxylic acids is 2. The summed E-state index contributed by atoms with van der Waals surface area (Å²) in [4.78, 5) is 59.4. The second-order valence-electron chi connectivity index (χ2n) is 8.73. The van der Waals surface area contributed by atoms with Crippen molar-refractivity contribution in [2.45, 2.75) is 21.5 Å². The van der Waals surface area contributed by atoms with E-state index in [0.717, 1.165) is 17.8 Å². The number of halogens is 2. The van der Waals surface area contributed by atoms with Gasteiger partial charge in [-0.3, -0.25) is 19.6 Å². The van der Waals surface area contributed by atoms with E-state index in [4.69, 9.17) is 34.0 Å². The molecule has 13 nitrogen and oxygen atoms in total. The molecular formula is C24H19Cl2N7O6S4. The minimum atomic E-state index is -1.24. The van der Waals surface area contributed by atoms with Crippen LogP contribution in [0.3, 0.4) is 0 Å². The summed E-state index contributed by atoms with van der Waals surface area (Å²) in [5.74, 6) is -2.81. The summed E-state index contributed by atoms with van der Waals surface area (Å²) in [6.45, 7) is 0. The lowest BCUT2D eigenvalue weighted by Crippen LogP contribution is -2.70. The first kappa shape index (κ1) is 31.3. The van der Waals surface area contributed by atoms with Gasteiger partial charge >= 0.3 is 11.9 Å². The van der Waals surface area contributed by atoms with Crippen molar-refractivity contribution in [3.8, 4) is 0 Å². The van der Waals surface area contributed by atoms with Gasteiger partial charge in [-0.1, -0.05) is 35.0 Å². The van der Waals surface area contributed by atoms with E-state index in [0.29, 0.717) is 42.4 Å².